The number of nitrogens with zero attached hydrogens (tertiary/aromatic N) is 5. The summed E-state index contributed by atoms with van der Waals surface area (Å²) in [6, 6.07) is 9.97. The van der Waals surface area contributed by atoms with E-state index in [1.165, 1.54) is 0 Å². The minimum Gasteiger partial charge on any atom is -0.383 e. The second-order valence-corrected chi connectivity index (χ2v) is 7.65. The highest BCUT2D eigenvalue weighted by Crippen LogP contribution is 2.26. The molecule has 1 saturated heterocycles. The van der Waals surface area contributed by atoms with E-state index in [9.17, 15) is 4.79 Å². The van der Waals surface area contributed by atoms with Crippen molar-refractivity contribution < 1.29 is 9.53 Å². The Hall–Kier alpha value is -2.80. The molecule has 3 aromatic rings. The highest BCUT2D eigenvalue weighted by Gasteiger charge is 2.32. The number of aromatic nitrogens is 4. The van der Waals surface area contributed by atoms with Crippen LogP contribution in [0.15, 0.2) is 42.7 Å². The van der Waals surface area contributed by atoms with Crippen LogP contribution in [0.3, 0.4) is 0 Å². The van der Waals surface area contributed by atoms with E-state index in [0.29, 0.717) is 18.9 Å². The molecule has 0 N–H and O–H groups in total. The van der Waals surface area contributed by atoms with Crippen LogP contribution in [0.25, 0.3) is 11.2 Å². The summed E-state index contributed by atoms with van der Waals surface area (Å²) >= 11 is 0. The molecule has 1 fully saturated rings. The zero-order valence-electron chi connectivity index (χ0n) is 17.0. The van der Waals surface area contributed by atoms with E-state index in [4.69, 9.17) is 9.72 Å². The smallest absolute Gasteiger partial charge is 0.222 e. The van der Waals surface area contributed by atoms with Crippen molar-refractivity contribution in [1.29, 1.82) is 0 Å². The third kappa shape index (κ3) is 4.15. The third-order valence-electron chi connectivity index (χ3n) is 5.50. The molecule has 0 spiro atoms. The number of imidazole rings is 1. The summed E-state index contributed by atoms with van der Waals surface area (Å²) in [5.41, 5.74) is 2.84. The van der Waals surface area contributed by atoms with Gasteiger partial charge in [0.05, 0.1) is 12.6 Å². The molecule has 0 bridgehead atoms. The molecule has 7 nitrogen and oxygen atoms in total. The number of hydrogen-bond acceptors (Lipinski definition) is 5. The molecule has 4 heterocycles. The zero-order valence-corrected chi connectivity index (χ0v) is 17.0. The van der Waals surface area contributed by atoms with Crippen molar-refractivity contribution in [3.63, 3.8) is 0 Å². The molecule has 0 aliphatic carbocycles. The van der Waals surface area contributed by atoms with Gasteiger partial charge in [0.1, 0.15) is 11.3 Å². The van der Waals surface area contributed by atoms with Gasteiger partial charge in [-0.2, -0.15) is 0 Å². The molecule has 1 aliphatic heterocycles. The molecular formula is C22H27N5O2. The molecule has 0 radical (unpaired) electrons. The van der Waals surface area contributed by atoms with Crippen molar-refractivity contribution in [2.75, 3.05) is 26.8 Å². The number of methoxy groups -OCH3 is 1. The first-order valence-corrected chi connectivity index (χ1v) is 10.2. The van der Waals surface area contributed by atoms with Gasteiger partial charge in [0.25, 0.3) is 0 Å². The fourth-order valence-electron chi connectivity index (χ4n) is 3.97. The van der Waals surface area contributed by atoms with E-state index < -0.39 is 0 Å². The van der Waals surface area contributed by atoms with Crippen LogP contribution in [0.5, 0.6) is 0 Å². The average molecular weight is 393 g/mol. The van der Waals surface area contributed by atoms with Gasteiger partial charge in [-0.05, 0) is 37.6 Å². The number of hydrogen-bond donors (Lipinski definition) is 0. The molecule has 152 valence electrons. The maximum Gasteiger partial charge on any atom is 0.222 e. The molecule has 7 heteroatoms. The Morgan fingerprint density at radius 1 is 1.21 bits per heavy atom. The van der Waals surface area contributed by atoms with Crippen LogP contribution in [0.2, 0.25) is 0 Å². The standard InChI is InChI=1S/C22H27N5O2/c1-16(15-29-2)27-20(25-19-8-6-12-24-22(19)27)9-5-10-21(28)26-13-17(14-26)18-7-3-4-11-23-18/h3-4,6-8,11-12,16-17H,5,9-10,13-15H2,1-2H3/t16-/m1/s1. The molecule has 0 unspecified atom stereocenters. The van der Waals surface area contributed by atoms with Crippen molar-refractivity contribution in [1.82, 2.24) is 24.4 Å². The van der Waals surface area contributed by atoms with E-state index in [2.05, 4.69) is 21.5 Å². The Labute approximate surface area is 170 Å². The predicted molar refractivity (Wildman–Crippen MR) is 111 cm³/mol. The third-order valence-corrected chi connectivity index (χ3v) is 5.50. The Morgan fingerprint density at radius 3 is 2.79 bits per heavy atom. The lowest BCUT2D eigenvalue weighted by Crippen LogP contribution is -2.48. The van der Waals surface area contributed by atoms with Crippen molar-refractivity contribution in [2.24, 2.45) is 0 Å². The second-order valence-electron chi connectivity index (χ2n) is 7.65. The van der Waals surface area contributed by atoms with Crippen molar-refractivity contribution in [3.05, 3.63) is 54.2 Å². The lowest BCUT2D eigenvalue weighted by Gasteiger charge is -2.39. The van der Waals surface area contributed by atoms with E-state index in [0.717, 1.165) is 48.6 Å². The van der Waals surface area contributed by atoms with Crippen LogP contribution in [0.1, 0.15) is 43.2 Å². The number of pyridine rings is 2. The van der Waals surface area contributed by atoms with Crippen LogP contribution in [-0.4, -0.2) is 57.1 Å². The first kappa shape index (κ1) is 19.5. The molecule has 4 rings (SSSR count). The molecule has 1 atom stereocenters. The Balaban J connectivity index is 1.34. The fourth-order valence-corrected chi connectivity index (χ4v) is 3.97. The quantitative estimate of drug-likeness (QED) is 0.588. The fraction of sp³-hybridized carbons (Fsp3) is 0.455. The molecular weight excluding hydrogens is 366 g/mol. The maximum atomic E-state index is 12.5. The molecule has 0 aromatic carbocycles. The van der Waals surface area contributed by atoms with Crippen molar-refractivity contribution in [3.8, 4) is 0 Å². The lowest BCUT2D eigenvalue weighted by molar-refractivity contribution is -0.135. The van der Waals surface area contributed by atoms with Gasteiger partial charge in [0, 0.05) is 57.0 Å². The van der Waals surface area contributed by atoms with Crippen LogP contribution < -0.4 is 0 Å². The number of carbonyl (C=O) groups is 1. The maximum absolute atomic E-state index is 12.5. The largest absolute Gasteiger partial charge is 0.383 e. The Morgan fingerprint density at radius 2 is 2.03 bits per heavy atom. The lowest BCUT2D eigenvalue weighted by atomic mass is 9.95. The number of fused-ring (bicyclic) bond motifs is 1. The van der Waals surface area contributed by atoms with Crippen LogP contribution in [0, 0.1) is 0 Å². The van der Waals surface area contributed by atoms with Crippen LogP contribution in [-0.2, 0) is 16.0 Å². The molecule has 1 amide bonds. The summed E-state index contributed by atoms with van der Waals surface area (Å²) in [4.78, 5) is 28.1. The van der Waals surface area contributed by atoms with E-state index >= 15 is 0 Å². The Bertz CT molecular complexity index is 966. The monoisotopic (exact) mass is 393 g/mol. The summed E-state index contributed by atoms with van der Waals surface area (Å²) < 4.78 is 7.47. The van der Waals surface area contributed by atoms with Gasteiger partial charge in [0.2, 0.25) is 5.91 Å². The van der Waals surface area contributed by atoms with Gasteiger partial charge in [-0.1, -0.05) is 6.07 Å². The number of rotatable bonds is 8. The first-order chi connectivity index (χ1) is 14.2. The van der Waals surface area contributed by atoms with Crippen LogP contribution >= 0.6 is 0 Å². The van der Waals surface area contributed by atoms with Gasteiger partial charge >= 0.3 is 0 Å². The summed E-state index contributed by atoms with van der Waals surface area (Å²) in [7, 11) is 1.70. The van der Waals surface area contributed by atoms with E-state index in [-0.39, 0.29) is 11.9 Å². The highest BCUT2D eigenvalue weighted by molar-refractivity contribution is 5.77. The molecule has 29 heavy (non-hydrogen) atoms. The van der Waals surface area contributed by atoms with Gasteiger partial charge < -0.3 is 14.2 Å². The second kappa shape index (κ2) is 8.69. The predicted octanol–water partition coefficient (Wildman–Crippen LogP) is 2.98. The number of amides is 1. The molecule has 1 aliphatic rings. The Kier molecular flexibility index (Phi) is 5.85. The van der Waals surface area contributed by atoms with Crippen molar-refractivity contribution in [2.45, 2.75) is 38.1 Å². The average Bonchev–Trinajstić information content (AvgIpc) is 3.06. The highest BCUT2D eigenvalue weighted by atomic mass is 16.5. The number of carbonyl (C=O) groups excluding carboxylic acids is 1. The van der Waals surface area contributed by atoms with E-state index in [1.807, 2.05) is 41.4 Å². The SMILES string of the molecule is COC[C@@H](C)n1c(CCCC(=O)N2CC(c3ccccn3)C2)nc2cccnc21. The topological polar surface area (TPSA) is 73.1 Å². The minimum atomic E-state index is 0.139. The number of likely N-dealkylation sites (tertiary alicyclic amines) is 1. The van der Waals surface area contributed by atoms with E-state index in [1.54, 1.807) is 13.3 Å². The van der Waals surface area contributed by atoms with Crippen LogP contribution in [0.4, 0.5) is 0 Å². The summed E-state index contributed by atoms with van der Waals surface area (Å²) in [6.45, 7) is 4.23. The first-order valence-electron chi connectivity index (χ1n) is 10.2. The molecule has 3 aromatic heterocycles. The summed E-state index contributed by atoms with van der Waals surface area (Å²) in [6.07, 6.45) is 5.64. The van der Waals surface area contributed by atoms with Crippen molar-refractivity contribution >= 4 is 17.1 Å². The molecule has 0 saturated carbocycles. The number of ether oxygens (including phenoxy) is 1. The minimum absolute atomic E-state index is 0.139. The number of aryl methyl sites for hydroxylation is 1. The van der Waals surface area contributed by atoms with Gasteiger partial charge in [-0.15, -0.1) is 0 Å². The zero-order chi connectivity index (χ0) is 20.2. The van der Waals surface area contributed by atoms with Gasteiger partial charge in [-0.25, -0.2) is 9.97 Å². The van der Waals surface area contributed by atoms with Gasteiger partial charge in [0.15, 0.2) is 5.65 Å². The summed E-state index contributed by atoms with van der Waals surface area (Å²) in [5.74, 6) is 1.54. The van der Waals surface area contributed by atoms with Gasteiger partial charge in [-0.3, -0.25) is 9.78 Å². The summed E-state index contributed by atoms with van der Waals surface area (Å²) in [5, 5.41) is 0. The normalized spacial score (nSPS) is 15.4.